The quantitative estimate of drug-likeness (QED) is 0.589. The molecule has 1 aromatic rings. The standard InChI is InChI=1S/C12H18N4O/c1-9-3-4-15-12(10(9)11(13)14)16-5-2-7-17-8-6-16/h3-4H,2,5-8H2,1H3,(H3,13,14). The first kappa shape index (κ1) is 11.9. The fourth-order valence-electron chi connectivity index (χ4n) is 2.07. The molecule has 5 nitrogen and oxygen atoms in total. The number of nitrogens with one attached hydrogen (secondary N) is 1. The molecule has 2 heterocycles. The summed E-state index contributed by atoms with van der Waals surface area (Å²) < 4.78 is 5.42. The SMILES string of the molecule is Cc1ccnc(N2CCCOCC2)c1C(=N)N. The highest BCUT2D eigenvalue weighted by Gasteiger charge is 2.17. The highest BCUT2D eigenvalue weighted by Crippen LogP contribution is 2.21. The number of ether oxygens (including phenoxy) is 1. The van der Waals surface area contributed by atoms with Crippen molar-refractivity contribution in [3.8, 4) is 0 Å². The number of aryl methyl sites for hydroxylation is 1. The number of anilines is 1. The molecule has 1 aromatic heterocycles. The Balaban J connectivity index is 2.36. The van der Waals surface area contributed by atoms with E-state index in [2.05, 4.69) is 9.88 Å². The van der Waals surface area contributed by atoms with Crippen LogP contribution in [0.2, 0.25) is 0 Å². The van der Waals surface area contributed by atoms with Gasteiger partial charge in [0.15, 0.2) is 0 Å². The van der Waals surface area contributed by atoms with Crippen molar-refractivity contribution in [3.05, 3.63) is 23.4 Å². The fraction of sp³-hybridized carbons (Fsp3) is 0.500. The lowest BCUT2D eigenvalue weighted by atomic mass is 10.1. The molecule has 2 rings (SSSR count). The van der Waals surface area contributed by atoms with Crippen LogP contribution < -0.4 is 10.6 Å². The molecule has 0 aliphatic carbocycles. The van der Waals surface area contributed by atoms with Crippen LogP contribution >= 0.6 is 0 Å². The van der Waals surface area contributed by atoms with Crippen molar-refractivity contribution in [1.29, 1.82) is 5.41 Å². The van der Waals surface area contributed by atoms with Gasteiger partial charge in [0, 0.05) is 25.9 Å². The van der Waals surface area contributed by atoms with Gasteiger partial charge < -0.3 is 15.4 Å². The molecule has 0 saturated carbocycles. The van der Waals surface area contributed by atoms with E-state index in [1.807, 2.05) is 13.0 Å². The first-order valence-corrected chi connectivity index (χ1v) is 5.83. The predicted molar refractivity (Wildman–Crippen MR) is 67.6 cm³/mol. The minimum atomic E-state index is 0.0794. The Kier molecular flexibility index (Phi) is 3.58. The van der Waals surface area contributed by atoms with Gasteiger partial charge in [-0.1, -0.05) is 0 Å². The second kappa shape index (κ2) is 5.14. The molecule has 0 atom stereocenters. The largest absolute Gasteiger partial charge is 0.384 e. The van der Waals surface area contributed by atoms with Crippen molar-refractivity contribution in [2.75, 3.05) is 31.2 Å². The summed E-state index contributed by atoms with van der Waals surface area (Å²) in [6.07, 6.45) is 2.75. The van der Waals surface area contributed by atoms with Crippen LogP contribution in [0.5, 0.6) is 0 Å². The third-order valence-corrected chi connectivity index (χ3v) is 2.93. The highest BCUT2D eigenvalue weighted by molar-refractivity contribution is 6.01. The Bertz CT molecular complexity index is 411. The van der Waals surface area contributed by atoms with Crippen LogP contribution in [0.3, 0.4) is 0 Å². The maximum atomic E-state index is 7.67. The molecule has 0 amide bonds. The summed E-state index contributed by atoms with van der Waals surface area (Å²) in [5.74, 6) is 0.888. The number of nitrogen functional groups attached to an aromatic ring is 1. The predicted octanol–water partition coefficient (Wildman–Crippen LogP) is 0.901. The van der Waals surface area contributed by atoms with Crippen LogP contribution in [0.25, 0.3) is 0 Å². The fourth-order valence-corrected chi connectivity index (χ4v) is 2.07. The van der Waals surface area contributed by atoms with E-state index >= 15 is 0 Å². The molecule has 0 bridgehead atoms. The summed E-state index contributed by atoms with van der Waals surface area (Å²) in [6.45, 7) is 5.15. The highest BCUT2D eigenvalue weighted by atomic mass is 16.5. The van der Waals surface area contributed by atoms with Crippen molar-refractivity contribution < 1.29 is 4.74 Å². The van der Waals surface area contributed by atoms with E-state index < -0.39 is 0 Å². The molecule has 3 N–H and O–H groups in total. The maximum absolute atomic E-state index is 7.67. The number of hydrogen-bond acceptors (Lipinski definition) is 4. The lowest BCUT2D eigenvalue weighted by molar-refractivity contribution is 0.152. The van der Waals surface area contributed by atoms with Gasteiger partial charge in [0.1, 0.15) is 11.7 Å². The Hall–Kier alpha value is -1.62. The number of hydrogen-bond donors (Lipinski definition) is 2. The molecule has 1 fully saturated rings. The lowest BCUT2D eigenvalue weighted by Crippen LogP contribution is -2.30. The number of pyridine rings is 1. The summed E-state index contributed by atoms with van der Waals surface area (Å²) in [7, 11) is 0. The normalized spacial score (nSPS) is 16.6. The van der Waals surface area contributed by atoms with Crippen LogP contribution in [0.4, 0.5) is 5.82 Å². The zero-order chi connectivity index (χ0) is 12.3. The summed E-state index contributed by atoms with van der Waals surface area (Å²) in [5.41, 5.74) is 7.38. The molecule has 1 aliphatic rings. The summed E-state index contributed by atoms with van der Waals surface area (Å²) in [6, 6.07) is 1.88. The van der Waals surface area contributed by atoms with Crippen LogP contribution in [0.15, 0.2) is 12.3 Å². The molecule has 0 unspecified atom stereocenters. The monoisotopic (exact) mass is 234 g/mol. The van der Waals surface area contributed by atoms with Gasteiger partial charge in [-0.25, -0.2) is 4.98 Å². The zero-order valence-corrected chi connectivity index (χ0v) is 10.1. The molecular weight excluding hydrogens is 216 g/mol. The molecule has 1 saturated heterocycles. The van der Waals surface area contributed by atoms with Crippen LogP contribution in [0.1, 0.15) is 17.5 Å². The van der Waals surface area contributed by atoms with Crippen LogP contribution in [0, 0.1) is 12.3 Å². The van der Waals surface area contributed by atoms with Gasteiger partial charge in [0.25, 0.3) is 0 Å². The zero-order valence-electron chi connectivity index (χ0n) is 10.1. The second-order valence-corrected chi connectivity index (χ2v) is 4.19. The molecular formula is C12H18N4O. The van der Waals surface area contributed by atoms with Gasteiger partial charge in [-0.3, -0.25) is 5.41 Å². The molecule has 5 heteroatoms. The third kappa shape index (κ3) is 2.55. The molecule has 1 aliphatic heterocycles. The number of aromatic nitrogens is 1. The Morgan fingerprint density at radius 2 is 2.29 bits per heavy atom. The molecule has 17 heavy (non-hydrogen) atoms. The Morgan fingerprint density at radius 3 is 3.06 bits per heavy atom. The number of rotatable bonds is 2. The molecule has 0 spiro atoms. The van der Waals surface area contributed by atoms with Crippen LogP contribution in [-0.2, 0) is 4.74 Å². The van der Waals surface area contributed by atoms with Gasteiger partial charge in [0.05, 0.1) is 12.2 Å². The molecule has 92 valence electrons. The van der Waals surface area contributed by atoms with Crippen LogP contribution in [-0.4, -0.2) is 37.1 Å². The van der Waals surface area contributed by atoms with Crippen molar-refractivity contribution in [3.63, 3.8) is 0 Å². The van der Waals surface area contributed by atoms with Gasteiger partial charge in [0.2, 0.25) is 0 Å². The molecule has 0 aromatic carbocycles. The minimum absolute atomic E-state index is 0.0794. The topological polar surface area (TPSA) is 75.2 Å². The Morgan fingerprint density at radius 1 is 1.47 bits per heavy atom. The van der Waals surface area contributed by atoms with Crippen molar-refractivity contribution in [2.24, 2.45) is 5.73 Å². The van der Waals surface area contributed by atoms with E-state index in [4.69, 9.17) is 15.9 Å². The average molecular weight is 234 g/mol. The molecule has 0 radical (unpaired) electrons. The summed E-state index contributed by atoms with van der Waals surface area (Å²) in [5, 5.41) is 7.67. The van der Waals surface area contributed by atoms with E-state index in [0.717, 1.165) is 43.1 Å². The summed E-state index contributed by atoms with van der Waals surface area (Å²) >= 11 is 0. The van der Waals surface area contributed by atoms with E-state index in [9.17, 15) is 0 Å². The third-order valence-electron chi connectivity index (χ3n) is 2.93. The minimum Gasteiger partial charge on any atom is -0.384 e. The number of nitrogens with two attached hydrogens (primary N) is 1. The van der Waals surface area contributed by atoms with E-state index in [-0.39, 0.29) is 5.84 Å². The van der Waals surface area contributed by atoms with Crippen molar-refractivity contribution in [2.45, 2.75) is 13.3 Å². The average Bonchev–Trinajstić information content (AvgIpc) is 2.56. The van der Waals surface area contributed by atoms with Crippen molar-refractivity contribution in [1.82, 2.24) is 4.98 Å². The van der Waals surface area contributed by atoms with Crippen molar-refractivity contribution >= 4 is 11.7 Å². The number of nitrogens with zero attached hydrogens (tertiary/aromatic N) is 2. The lowest BCUT2D eigenvalue weighted by Gasteiger charge is -2.23. The van der Waals surface area contributed by atoms with E-state index in [0.29, 0.717) is 6.61 Å². The van der Waals surface area contributed by atoms with E-state index in [1.54, 1.807) is 6.20 Å². The van der Waals surface area contributed by atoms with Gasteiger partial charge >= 0.3 is 0 Å². The Labute approximate surface area is 101 Å². The second-order valence-electron chi connectivity index (χ2n) is 4.19. The van der Waals surface area contributed by atoms with Gasteiger partial charge in [-0.15, -0.1) is 0 Å². The summed E-state index contributed by atoms with van der Waals surface area (Å²) in [4.78, 5) is 6.53. The number of amidine groups is 1. The van der Waals surface area contributed by atoms with E-state index in [1.165, 1.54) is 0 Å². The maximum Gasteiger partial charge on any atom is 0.139 e. The smallest absolute Gasteiger partial charge is 0.139 e. The first-order chi connectivity index (χ1) is 8.20. The first-order valence-electron chi connectivity index (χ1n) is 5.83. The van der Waals surface area contributed by atoms with Gasteiger partial charge in [-0.2, -0.15) is 0 Å². The van der Waals surface area contributed by atoms with Gasteiger partial charge in [-0.05, 0) is 25.0 Å².